The Kier molecular flexibility index (Phi) is 6.13. The number of aromatic amines is 1. The molecule has 6 rings (SSSR count). The third kappa shape index (κ3) is 4.25. The molecule has 192 valence electrons. The first kappa shape index (κ1) is 23.6. The molecule has 10 heteroatoms. The Hall–Kier alpha value is -3.76. The van der Waals surface area contributed by atoms with E-state index in [0.29, 0.717) is 18.5 Å². The van der Waals surface area contributed by atoms with Gasteiger partial charge in [0.2, 0.25) is 11.8 Å². The molecule has 10 nitrogen and oxygen atoms in total. The SMILES string of the molecule is O=C1[C@@H]2Cc3c([nH]c4ccccc34)[C@@H](c3cccc([N+](=O)[O-])c3)N2C(=O)CN1CCC[NH+]1CCOCC1. The van der Waals surface area contributed by atoms with Crippen molar-refractivity contribution in [1.29, 1.82) is 0 Å². The van der Waals surface area contributed by atoms with Crippen LogP contribution in [0.2, 0.25) is 0 Å². The summed E-state index contributed by atoms with van der Waals surface area (Å²) in [5, 5.41) is 12.5. The maximum absolute atomic E-state index is 13.8. The molecule has 3 aromatic rings. The average molecular weight is 505 g/mol. The van der Waals surface area contributed by atoms with Crippen molar-refractivity contribution in [3.05, 3.63) is 75.5 Å². The smallest absolute Gasteiger partial charge is 0.269 e. The number of carbonyl (C=O) groups is 2. The molecular formula is C27H30N5O5+. The van der Waals surface area contributed by atoms with Crippen LogP contribution < -0.4 is 4.90 Å². The minimum atomic E-state index is -0.645. The molecule has 37 heavy (non-hydrogen) atoms. The Balaban J connectivity index is 1.34. The van der Waals surface area contributed by atoms with Crippen LogP contribution in [0, 0.1) is 10.1 Å². The molecule has 0 aliphatic carbocycles. The number of benzene rings is 2. The normalized spacial score (nSPS) is 22.3. The van der Waals surface area contributed by atoms with E-state index in [1.165, 1.54) is 17.0 Å². The second kappa shape index (κ2) is 9.60. The second-order valence-corrected chi connectivity index (χ2v) is 10.1. The first-order valence-electron chi connectivity index (χ1n) is 12.9. The number of quaternary nitrogens is 1. The van der Waals surface area contributed by atoms with Gasteiger partial charge in [0.05, 0.1) is 37.3 Å². The molecule has 1 aromatic heterocycles. The molecule has 0 saturated carbocycles. The monoisotopic (exact) mass is 504 g/mol. The summed E-state index contributed by atoms with van der Waals surface area (Å²) in [5.74, 6) is -0.188. The summed E-state index contributed by atoms with van der Waals surface area (Å²) in [4.78, 5) is 46.8. The highest BCUT2D eigenvalue weighted by atomic mass is 16.6. The van der Waals surface area contributed by atoms with Crippen molar-refractivity contribution in [2.45, 2.75) is 24.9 Å². The highest BCUT2D eigenvalue weighted by Crippen LogP contribution is 2.43. The number of ether oxygens (including phenoxy) is 1. The Bertz CT molecular complexity index is 1360. The molecule has 2 fully saturated rings. The molecule has 0 bridgehead atoms. The van der Waals surface area contributed by atoms with Crippen LogP contribution in [0.25, 0.3) is 10.9 Å². The second-order valence-electron chi connectivity index (χ2n) is 10.1. The van der Waals surface area contributed by atoms with Crippen molar-refractivity contribution >= 4 is 28.4 Å². The molecule has 3 aliphatic rings. The van der Waals surface area contributed by atoms with E-state index in [9.17, 15) is 19.7 Å². The third-order valence-corrected chi connectivity index (χ3v) is 7.90. The Morgan fingerprint density at radius 1 is 1.11 bits per heavy atom. The van der Waals surface area contributed by atoms with Crippen molar-refractivity contribution in [3.8, 4) is 0 Å². The van der Waals surface area contributed by atoms with Crippen LogP contribution in [0.3, 0.4) is 0 Å². The fraction of sp³-hybridized carbons (Fsp3) is 0.407. The first-order chi connectivity index (χ1) is 18.0. The Labute approximate surface area is 213 Å². The molecule has 3 aliphatic heterocycles. The molecule has 2 aromatic carbocycles. The summed E-state index contributed by atoms with van der Waals surface area (Å²) in [5.41, 5.74) is 3.32. The minimum absolute atomic E-state index is 0.0226. The lowest BCUT2D eigenvalue weighted by Crippen LogP contribution is -3.14. The molecule has 2 N–H and O–H groups in total. The Morgan fingerprint density at radius 2 is 1.92 bits per heavy atom. The van der Waals surface area contributed by atoms with Crippen LogP contribution >= 0.6 is 0 Å². The van der Waals surface area contributed by atoms with Crippen molar-refractivity contribution in [2.24, 2.45) is 0 Å². The zero-order valence-corrected chi connectivity index (χ0v) is 20.5. The summed E-state index contributed by atoms with van der Waals surface area (Å²) < 4.78 is 5.43. The van der Waals surface area contributed by atoms with Gasteiger partial charge in [-0.05, 0) is 17.2 Å². The minimum Gasteiger partial charge on any atom is -0.370 e. The molecule has 0 spiro atoms. The van der Waals surface area contributed by atoms with Crippen molar-refractivity contribution in [3.63, 3.8) is 0 Å². The van der Waals surface area contributed by atoms with Crippen LogP contribution in [0.1, 0.15) is 29.3 Å². The van der Waals surface area contributed by atoms with Crippen molar-refractivity contribution < 1.29 is 24.1 Å². The van der Waals surface area contributed by atoms with Gasteiger partial charge < -0.3 is 24.4 Å². The van der Waals surface area contributed by atoms with Gasteiger partial charge in [-0.25, -0.2) is 0 Å². The molecule has 0 radical (unpaired) electrons. The van der Waals surface area contributed by atoms with Crippen molar-refractivity contribution in [1.82, 2.24) is 14.8 Å². The summed E-state index contributed by atoms with van der Waals surface area (Å²) in [6.45, 7) is 4.98. The van der Waals surface area contributed by atoms with Gasteiger partial charge >= 0.3 is 0 Å². The van der Waals surface area contributed by atoms with Gasteiger partial charge in [-0.2, -0.15) is 0 Å². The summed E-state index contributed by atoms with van der Waals surface area (Å²) in [6.07, 6.45) is 1.24. The number of fused-ring (bicyclic) bond motifs is 4. The van der Waals surface area contributed by atoms with Gasteiger partial charge in [0.1, 0.15) is 19.1 Å². The quantitative estimate of drug-likeness (QED) is 0.385. The largest absolute Gasteiger partial charge is 0.370 e. The number of amides is 2. The number of aromatic nitrogens is 1. The van der Waals surface area contributed by atoms with Gasteiger partial charge in [-0.15, -0.1) is 0 Å². The average Bonchev–Trinajstić information content (AvgIpc) is 3.29. The Morgan fingerprint density at radius 3 is 2.73 bits per heavy atom. The van der Waals surface area contributed by atoms with Gasteiger partial charge in [-0.3, -0.25) is 19.7 Å². The topological polar surface area (TPSA) is 113 Å². The third-order valence-electron chi connectivity index (χ3n) is 7.90. The summed E-state index contributed by atoms with van der Waals surface area (Å²) in [7, 11) is 0. The van der Waals surface area contributed by atoms with E-state index < -0.39 is 17.0 Å². The molecule has 0 unspecified atom stereocenters. The van der Waals surface area contributed by atoms with E-state index >= 15 is 0 Å². The van der Waals surface area contributed by atoms with Gasteiger partial charge in [0.15, 0.2) is 0 Å². The number of hydrogen-bond donors (Lipinski definition) is 2. The van der Waals surface area contributed by atoms with E-state index in [2.05, 4.69) is 4.98 Å². The number of H-pyrrole nitrogens is 1. The van der Waals surface area contributed by atoms with Gasteiger partial charge in [-0.1, -0.05) is 30.3 Å². The van der Waals surface area contributed by atoms with E-state index in [0.717, 1.165) is 61.4 Å². The number of para-hydroxylation sites is 1. The summed E-state index contributed by atoms with van der Waals surface area (Å²) >= 11 is 0. The van der Waals surface area contributed by atoms with Crippen LogP contribution in [0.15, 0.2) is 48.5 Å². The number of nitro benzene ring substituents is 1. The maximum atomic E-state index is 13.8. The van der Waals surface area contributed by atoms with Crippen LogP contribution in [0.4, 0.5) is 5.69 Å². The number of morpholine rings is 1. The standard InChI is InChI=1S/C27H29N5O5/c33-24-17-30(10-4-9-29-11-13-37-14-12-29)27(34)23-16-21-20-7-1-2-8-22(20)28-25(21)26(31(23)24)18-5-3-6-19(15-18)32(35)36/h1-3,5-8,15,23,26,28H,4,9-14,16-17H2/p+1/t23-,26+/m0/s1. The van der Waals surface area contributed by atoms with Crippen molar-refractivity contribution in [2.75, 3.05) is 45.9 Å². The van der Waals surface area contributed by atoms with Crippen LogP contribution in [-0.4, -0.2) is 83.5 Å². The summed E-state index contributed by atoms with van der Waals surface area (Å²) in [6, 6.07) is 13.0. The number of non-ortho nitro benzene ring substituents is 1. The van der Waals surface area contributed by atoms with Crippen LogP contribution in [0.5, 0.6) is 0 Å². The number of nitro groups is 1. The van der Waals surface area contributed by atoms with E-state index in [1.807, 2.05) is 24.3 Å². The highest BCUT2D eigenvalue weighted by molar-refractivity contribution is 5.97. The maximum Gasteiger partial charge on any atom is 0.269 e. The fourth-order valence-corrected chi connectivity index (χ4v) is 6.10. The van der Waals surface area contributed by atoms with Crippen LogP contribution in [-0.2, 0) is 20.7 Å². The lowest BCUT2D eigenvalue weighted by atomic mass is 9.86. The molecule has 4 heterocycles. The number of carbonyl (C=O) groups excluding carboxylic acids is 2. The number of rotatable bonds is 6. The predicted octanol–water partition coefficient (Wildman–Crippen LogP) is 1.07. The predicted molar refractivity (Wildman–Crippen MR) is 135 cm³/mol. The number of piperazine rings is 1. The molecule has 2 amide bonds. The van der Waals surface area contributed by atoms with Gasteiger partial charge in [0.25, 0.3) is 5.69 Å². The van der Waals surface area contributed by atoms with E-state index in [1.54, 1.807) is 21.9 Å². The van der Waals surface area contributed by atoms with E-state index in [4.69, 9.17) is 4.74 Å². The zero-order chi connectivity index (χ0) is 25.5. The number of nitrogens with one attached hydrogen (secondary N) is 2. The molecular weight excluding hydrogens is 474 g/mol. The number of hydrogen-bond acceptors (Lipinski definition) is 5. The zero-order valence-electron chi connectivity index (χ0n) is 20.5. The first-order valence-corrected chi connectivity index (χ1v) is 12.9. The highest BCUT2D eigenvalue weighted by Gasteiger charge is 2.48. The molecule has 2 atom stereocenters. The lowest BCUT2D eigenvalue weighted by molar-refractivity contribution is -0.908. The fourth-order valence-electron chi connectivity index (χ4n) is 6.10. The van der Waals surface area contributed by atoms with E-state index in [-0.39, 0.29) is 24.0 Å². The molecule has 2 saturated heterocycles. The van der Waals surface area contributed by atoms with Gasteiger partial charge in [0, 0.05) is 48.1 Å². The number of nitrogens with zero attached hydrogens (tertiary/aromatic N) is 3. The lowest BCUT2D eigenvalue weighted by Gasteiger charge is -2.47.